The molecule has 0 unspecified atom stereocenters. The Morgan fingerprint density at radius 3 is 2.47 bits per heavy atom. The molecule has 0 N–H and O–H groups in total. The third kappa shape index (κ3) is 1.88. The average Bonchev–Trinajstić information content (AvgIpc) is 2.66. The summed E-state index contributed by atoms with van der Waals surface area (Å²) in [5, 5.41) is 3.78. The van der Waals surface area contributed by atoms with Crippen LogP contribution in [0.5, 0.6) is 0 Å². The topological polar surface area (TPSA) is 38.9 Å². The molecule has 0 spiro atoms. The number of rotatable bonds is 2. The van der Waals surface area contributed by atoms with Crippen molar-refractivity contribution >= 4 is 11.6 Å². The molecule has 0 atom stereocenters. The van der Waals surface area contributed by atoms with E-state index in [1.807, 2.05) is 32.0 Å². The number of aryl methyl sites for hydroxylation is 2. The second-order valence-corrected chi connectivity index (χ2v) is 3.68. The molecule has 0 radical (unpaired) electrons. The first-order valence-electron chi connectivity index (χ1n) is 4.67. The Labute approximate surface area is 93.1 Å². The predicted molar refractivity (Wildman–Crippen MR) is 58.8 cm³/mol. The zero-order chi connectivity index (χ0) is 10.8. The molecule has 0 fully saturated rings. The first kappa shape index (κ1) is 10.2. The number of halogens is 1. The zero-order valence-electron chi connectivity index (χ0n) is 8.62. The minimum absolute atomic E-state index is 0.272. The molecule has 1 aromatic carbocycles. The molecule has 3 nitrogen and oxygen atoms in total. The second kappa shape index (κ2) is 4.03. The van der Waals surface area contributed by atoms with Crippen LogP contribution in [0.1, 0.15) is 17.0 Å². The minimum atomic E-state index is 0.272. The number of benzene rings is 1. The van der Waals surface area contributed by atoms with Gasteiger partial charge in [0.2, 0.25) is 0 Å². The molecule has 0 amide bonds. The van der Waals surface area contributed by atoms with Crippen LogP contribution >= 0.6 is 11.6 Å². The Morgan fingerprint density at radius 1 is 1.27 bits per heavy atom. The molecule has 0 saturated heterocycles. The zero-order valence-corrected chi connectivity index (χ0v) is 9.38. The summed E-state index contributed by atoms with van der Waals surface area (Å²) in [5.74, 6) is 1.34. The molecule has 2 aromatic rings. The maximum absolute atomic E-state index is 5.62. The lowest BCUT2D eigenvalue weighted by Crippen LogP contribution is -1.88. The standard InChI is InChI=1S/C11H11ClN2O/c1-7-4-3-5-8(2)10(7)11-13-9(6-12)14-15-11/h3-5H,6H2,1-2H3. The van der Waals surface area contributed by atoms with Gasteiger partial charge >= 0.3 is 0 Å². The summed E-state index contributed by atoms with van der Waals surface area (Å²) in [7, 11) is 0. The normalized spacial score (nSPS) is 10.6. The first-order chi connectivity index (χ1) is 7.22. The molecule has 78 valence electrons. The van der Waals surface area contributed by atoms with Crippen LogP contribution in [0.4, 0.5) is 0 Å². The van der Waals surface area contributed by atoms with Crippen LogP contribution in [0.3, 0.4) is 0 Å². The molecule has 1 heterocycles. The lowest BCUT2D eigenvalue weighted by molar-refractivity contribution is 0.424. The van der Waals surface area contributed by atoms with Crippen LogP contribution in [0.15, 0.2) is 22.7 Å². The van der Waals surface area contributed by atoms with Gasteiger partial charge in [-0.2, -0.15) is 4.98 Å². The highest BCUT2D eigenvalue weighted by Crippen LogP contribution is 2.25. The third-order valence-corrected chi connectivity index (χ3v) is 2.52. The summed E-state index contributed by atoms with van der Waals surface area (Å²) in [4.78, 5) is 4.21. The fourth-order valence-corrected chi connectivity index (χ4v) is 1.67. The molecule has 4 heteroatoms. The highest BCUT2D eigenvalue weighted by atomic mass is 35.5. The van der Waals surface area contributed by atoms with Crippen molar-refractivity contribution in [2.75, 3.05) is 0 Å². The van der Waals surface area contributed by atoms with Crippen molar-refractivity contribution in [2.24, 2.45) is 0 Å². The smallest absolute Gasteiger partial charge is 0.258 e. The first-order valence-corrected chi connectivity index (χ1v) is 5.21. The number of aromatic nitrogens is 2. The molecule has 15 heavy (non-hydrogen) atoms. The fourth-order valence-electron chi connectivity index (χ4n) is 1.56. The highest BCUT2D eigenvalue weighted by molar-refractivity contribution is 6.16. The maximum atomic E-state index is 5.62. The van der Waals surface area contributed by atoms with Crippen LogP contribution in [0, 0.1) is 13.8 Å². The molecular formula is C11H11ClN2O. The van der Waals surface area contributed by atoms with Crippen LogP contribution < -0.4 is 0 Å². The van der Waals surface area contributed by atoms with Gasteiger partial charge in [0.1, 0.15) is 0 Å². The molecule has 0 aliphatic heterocycles. The third-order valence-electron chi connectivity index (χ3n) is 2.28. The van der Waals surface area contributed by atoms with Crippen molar-refractivity contribution in [3.05, 3.63) is 35.2 Å². The summed E-state index contributed by atoms with van der Waals surface area (Å²) in [6.45, 7) is 4.04. The van der Waals surface area contributed by atoms with E-state index in [2.05, 4.69) is 10.1 Å². The van der Waals surface area contributed by atoms with E-state index < -0.39 is 0 Å². The monoisotopic (exact) mass is 222 g/mol. The molecule has 1 aromatic heterocycles. The van der Waals surface area contributed by atoms with Gasteiger partial charge in [0.05, 0.1) is 5.88 Å². The van der Waals surface area contributed by atoms with Gasteiger partial charge < -0.3 is 4.52 Å². The van der Waals surface area contributed by atoms with E-state index in [-0.39, 0.29) is 5.88 Å². The Hall–Kier alpha value is -1.35. The van der Waals surface area contributed by atoms with E-state index >= 15 is 0 Å². The van der Waals surface area contributed by atoms with Crippen molar-refractivity contribution < 1.29 is 4.52 Å². The lowest BCUT2D eigenvalue weighted by atomic mass is 10.0. The average molecular weight is 223 g/mol. The van der Waals surface area contributed by atoms with Crippen LogP contribution in [0.25, 0.3) is 11.5 Å². The Kier molecular flexibility index (Phi) is 2.73. The molecule has 0 aliphatic carbocycles. The highest BCUT2D eigenvalue weighted by Gasteiger charge is 2.12. The Morgan fingerprint density at radius 2 is 1.93 bits per heavy atom. The van der Waals surface area contributed by atoms with E-state index in [1.54, 1.807) is 0 Å². The molecule has 0 bridgehead atoms. The van der Waals surface area contributed by atoms with Gasteiger partial charge in [-0.15, -0.1) is 11.6 Å². The Balaban J connectivity index is 2.53. The molecule has 0 saturated carbocycles. The molecule has 0 aliphatic rings. The largest absolute Gasteiger partial charge is 0.334 e. The SMILES string of the molecule is Cc1cccc(C)c1-c1nc(CCl)no1. The predicted octanol–water partition coefficient (Wildman–Crippen LogP) is 3.09. The van der Waals surface area contributed by atoms with Crippen molar-refractivity contribution in [1.29, 1.82) is 0 Å². The maximum Gasteiger partial charge on any atom is 0.258 e. The quantitative estimate of drug-likeness (QED) is 0.733. The van der Waals surface area contributed by atoms with Crippen molar-refractivity contribution in [1.82, 2.24) is 10.1 Å². The van der Waals surface area contributed by atoms with Gasteiger partial charge in [0.15, 0.2) is 5.82 Å². The van der Waals surface area contributed by atoms with Gasteiger partial charge in [-0.1, -0.05) is 23.4 Å². The van der Waals surface area contributed by atoms with Gasteiger partial charge in [-0.05, 0) is 25.0 Å². The van der Waals surface area contributed by atoms with Crippen LogP contribution in [-0.4, -0.2) is 10.1 Å². The summed E-state index contributed by atoms with van der Waals surface area (Å²) >= 11 is 5.62. The number of alkyl halides is 1. The number of hydrogen-bond acceptors (Lipinski definition) is 3. The van der Waals surface area contributed by atoms with Crippen molar-refractivity contribution in [3.8, 4) is 11.5 Å². The summed E-state index contributed by atoms with van der Waals surface area (Å²) < 4.78 is 5.16. The fraction of sp³-hybridized carbons (Fsp3) is 0.273. The summed E-state index contributed by atoms with van der Waals surface area (Å²) in [6.07, 6.45) is 0. The van der Waals surface area contributed by atoms with E-state index in [0.717, 1.165) is 16.7 Å². The van der Waals surface area contributed by atoms with Crippen molar-refractivity contribution in [3.63, 3.8) is 0 Å². The van der Waals surface area contributed by atoms with Gasteiger partial charge in [-0.25, -0.2) is 0 Å². The van der Waals surface area contributed by atoms with Gasteiger partial charge in [0.25, 0.3) is 5.89 Å². The Bertz CT molecular complexity index is 459. The van der Waals surface area contributed by atoms with E-state index in [1.165, 1.54) is 0 Å². The number of hydrogen-bond donors (Lipinski definition) is 0. The van der Waals surface area contributed by atoms with E-state index in [4.69, 9.17) is 16.1 Å². The van der Waals surface area contributed by atoms with E-state index in [9.17, 15) is 0 Å². The number of nitrogens with zero attached hydrogens (tertiary/aromatic N) is 2. The second-order valence-electron chi connectivity index (χ2n) is 3.42. The van der Waals surface area contributed by atoms with Gasteiger partial charge in [-0.3, -0.25) is 0 Å². The van der Waals surface area contributed by atoms with Crippen LogP contribution in [0.2, 0.25) is 0 Å². The summed E-state index contributed by atoms with van der Waals surface area (Å²) in [5.41, 5.74) is 3.25. The van der Waals surface area contributed by atoms with E-state index in [0.29, 0.717) is 11.7 Å². The lowest BCUT2D eigenvalue weighted by Gasteiger charge is -2.03. The van der Waals surface area contributed by atoms with Gasteiger partial charge in [0, 0.05) is 5.56 Å². The summed E-state index contributed by atoms with van der Waals surface area (Å²) in [6, 6.07) is 6.05. The molecular weight excluding hydrogens is 212 g/mol. The molecule has 2 rings (SSSR count). The van der Waals surface area contributed by atoms with Crippen molar-refractivity contribution in [2.45, 2.75) is 19.7 Å². The minimum Gasteiger partial charge on any atom is -0.334 e. The van der Waals surface area contributed by atoms with Crippen LogP contribution in [-0.2, 0) is 5.88 Å².